The van der Waals surface area contributed by atoms with Gasteiger partial charge in [0.15, 0.2) is 0 Å². The van der Waals surface area contributed by atoms with E-state index in [9.17, 15) is 0 Å². The van der Waals surface area contributed by atoms with Gasteiger partial charge in [-0.25, -0.2) is 0 Å². The molecule has 3 heterocycles. The summed E-state index contributed by atoms with van der Waals surface area (Å²) in [6.07, 6.45) is 6.41. The van der Waals surface area contributed by atoms with Gasteiger partial charge >= 0.3 is 0 Å². The highest BCUT2D eigenvalue weighted by atomic mass is 35.5. The first-order valence-electron chi connectivity index (χ1n) is 10.8. The zero-order valence-corrected chi connectivity index (χ0v) is 20.2. The zero-order chi connectivity index (χ0) is 20.7. The number of benzene rings is 1. The Morgan fingerprint density at radius 1 is 1.06 bits per heavy atom. The molecule has 1 aromatic carbocycles. The molecule has 0 saturated heterocycles. The summed E-state index contributed by atoms with van der Waals surface area (Å²) in [6.45, 7) is 8.64. The number of nitrogens with one attached hydrogen (secondary N) is 1. The largest absolute Gasteiger partial charge is 0.306 e. The third-order valence-corrected chi connectivity index (χ3v) is 6.71. The molecular weight excluding hydrogens is 420 g/mol. The maximum Gasteiger partial charge on any atom is 0.129 e. The van der Waals surface area contributed by atoms with Crippen molar-refractivity contribution >= 4 is 20.5 Å². The average molecular weight is 449 g/mol. The molecule has 2 aliphatic rings. The molecule has 0 bridgehead atoms. The third-order valence-electron chi connectivity index (χ3n) is 5.84. The summed E-state index contributed by atoms with van der Waals surface area (Å²) in [7, 11) is -1.42. The molecule has 0 radical (unpaired) electrons. The van der Waals surface area contributed by atoms with Crippen LogP contribution >= 0.6 is 12.4 Å². The normalized spacial score (nSPS) is 17.8. The van der Waals surface area contributed by atoms with Crippen LogP contribution in [-0.4, -0.2) is 28.9 Å². The second kappa shape index (κ2) is 8.62. The van der Waals surface area contributed by atoms with Crippen LogP contribution in [0, 0.1) is 17.4 Å². The molecule has 1 fully saturated rings. The summed E-state index contributed by atoms with van der Waals surface area (Å²) in [4.78, 5) is 4.22. The Morgan fingerprint density at radius 2 is 1.84 bits per heavy atom. The van der Waals surface area contributed by atoms with E-state index >= 15 is 0 Å². The second-order valence-corrected chi connectivity index (χ2v) is 14.2. The summed E-state index contributed by atoms with van der Waals surface area (Å²) in [6, 6.07) is 13.3. The van der Waals surface area contributed by atoms with E-state index in [0.29, 0.717) is 6.04 Å². The van der Waals surface area contributed by atoms with Gasteiger partial charge in [0, 0.05) is 41.7 Å². The molecule has 5 rings (SSSR count). The summed E-state index contributed by atoms with van der Waals surface area (Å²) in [5.41, 5.74) is 10.4. The Bertz CT molecular complexity index is 1130. The molecule has 1 atom stereocenters. The molecule has 160 valence electrons. The molecule has 2 aromatic heterocycles. The molecule has 1 N–H and O–H groups in total. The molecule has 0 spiro atoms. The van der Waals surface area contributed by atoms with Crippen LogP contribution in [0.4, 0.5) is 0 Å². The van der Waals surface area contributed by atoms with Crippen LogP contribution in [0.2, 0.25) is 19.6 Å². The Labute approximate surface area is 191 Å². The van der Waals surface area contributed by atoms with E-state index in [4.69, 9.17) is 5.10 Å². The lowest BCUT2D eigenvalue weighted by Gasteiger charge is -2.25. The van der Waals surface area contributed by atoms with Crippen molar-refractivity contribution in [2.24, 2.45) is 5.92 Å². The van der Waals surface area contributed by atoms with E-state index in [0.717, 1.165) is 35.8 Å². The van der Waals surface area contributed by atoms with E-state index in [1.165, 1.54) is 29.7 Å². The Kier molecular flexibility index (Phi) is 6.07. The number of hydrogen-bond acceptors (Lipinski definition) is 3. The third kappa shape index (κ3) is 4.77. The fourth-order valence-electron chi connectivity index (χ4n) is 4.15. The van der Waals surface area contributed by atoms with Crippen LogP contribution < -0.4 is 5.32 Å². The molecule has 1 aliphatic heterocycles. The SMILES string of the molecule is C[Si](C)(C)C#Cc1cccc(-c2nn3c(c2-c2ccncc2)CN[C@@H](C2CC2)C3)c1.Cl. The first-order valence-corrected chi connectivity index (χ1v) is 14.3. The fourth-order valence-corrected chi connectivity index (χ4v) is 4.67. The van der Waals surface area contributed by atoms with Crippen LogP contribution in [-0.2, 0) is 13.1 Å². The van der Waals surface area contributed by atoms with Gasteiger partial charge in [0.2, 0.25) is 0 Å². The minimum absolute atomic E-state index is 0. The van der Waals surface area contributed by atoms with Crippen molar-refractivity contribution in [2.45, 2.75) is 51.6 Å². The van der Waals surface area contributed by atoms with Crippen LogP contribution in [0.25, 0.3) is 22.4 Å². The summed E-state index contributed by atoms with van der Waals surface area (Å²) >= 11 is 0. The number of hydrogen-bond donors (Lipinski definition) is 1. The Hall–Kier alpha value is -2.39. The van der Waals surface area contributed by atoms with Crippen LogP contribution in [0.5, 0.6) is 0 Å². The predicted octanol–water partition coefficient (Wildman–Crippen LogP) is 5.14. The predicted molar refractivity (Wildman–Crippen MR) is 132 cm³/mol. The Balaban J connectivity index is 0.00000231. The zero-order valence-electron chi connectivity index (χ0n) is 18.4. The van der Waals surface area contributed by atoms with Crippen molar-refractivity contribution in [1.29, 1.82) is 0 Å². The molecule has 3 aromatic rings. The average Bonchev–Trinajstić information content (AvgIpc) is 3.52. The molecule has 0 amide bonds. The van der Waals surface area contributed by atoms with Gasteiger partial charge < -0.3 is 5.32 Å². The van der Waals surface area contributed by atoms with E-state index < -0.39 is 8.07 Å². The summed E-state index contributed by atoms with van der Waals surface area (Å²) < 4.78 is 2.24. The van der Waals surface area contributed by atoms with Crippen molar-refractivity contribution in [3.8, 4) is 33.8 Å². The molecular formula is C25H29ClN4Si. The van der Waals surface area contributed by atoms with Gasteiger partial charge in [0.25, 0.3) is 0 Å². The first-order chi connectivity index (χ1) is 14.5. The molecule has 1 aliphatic carbocycles. The van der Waals surface area contributed by atoms with Gasteiger partial charge in [0.05, 0.1) is 12.2 Å². The maximum atomic E-state index is 5.12. The van der Waals surface area contributed by atoms with Gasteiger partial charge in [-0.3, -0.25) is 9.67 Å². The lowest BCUT2D eigenvalue weighted by Crippen LogP contribution is -2.40. The number of halogens is 1. The van der Waals surface area contributed by atoms with Crippen molar-refractivity contribution in [1.82, 2.24) is 20.1 Å². The topological polar surface area (TPSA) is 42.7 Å². The summed E-state index contributed by atoms with van der Waals surface area (Å²) in [5.74, 6) is 4.22. The van der Waals surface area contributed by atoms with E-state index in [1.807, 2.05) is 12.4 Å². The maximum absolute atomic E-state index is 5.12. The van der Waals surface area contributed by atoms with Crippen LogP contribution in [0.15, 0.2) is 48.8 Å². The standard InChI is InChI=1S/C25H28N4Si.ClH/c1-30(2,3)14-11-18-5-4-6-21(15-18)25-24(20-9-12-26-13-10-20)23-16-27-22(19-7-8-19)17-29(23)28-25;/h4-6,9-10,12-13,15,19,22,27H,7-8,16-17H2,1-3H3;1H/t22-;/m1./s1. The molecule has 0 unspecified atom stereocenters. The minimum Gasteiger partial charge on any atom is -0.306 e. The number of rotatable bonds is 3. The van der Waals surface area contributed by atoms with Gasteiger partial charge in [-0.15, -0.1) is 18.0 Å². The highest BCUT2D eigenvalue weighted by Gasteiger charge is 2.35. The molecule has 31 heavy (non-hydrogen) atoms. The molecule has 4 nitrogen and oxygen atoms in total. The number of nitrogens with zero attached hydrogens (tertiary/aromatic N) is 3. The highest BCUT2D eigenvalue weighted by Crippen LogP contribution is 2.39. The molecule has 1 saturated carbocycles. The van der Waals surface area contributed by atoms with Crippen LogP contribution in [0.3, 0.4) is 0 Å². The lowest BCUT2D eigenvalue weighted by molar-refractivity contribution is 0.339. The van der Waals surface area contributed by atoms with Crippen molar-refractivity contribution in [2.75, 3.05) is 0 Å². The van der Waals surface area contributed by atoms with Gasteiger partial charge in [-0.2, -0.15) is 5.10 Å². The first kappa shape index (κ1) is 21.8. The van der Waals surface area contributed by atoms with Crippen LogP contribution in [0.1, 0.15) is 24.1 Å². The van der Waals surface area contributed by atoms with E-state index in [2.05, 4.69) is 82.5 Å². The van der Waals surface area contributed by atoms with Gasteiger partial charge in [-0.1, -0.05) is 37.7 Å². The quantitative estimate of drug-likeness (QED) is 0.445. The fraction of sp³-hybridized carbons (Fsp3) is 0.360. The number of aromatic nitrogens is 3. The second-order valence-electron chi connectivity index (χ2n) is 9.49. The van der Waals surface area contributed by atoms with E-state index in [1.54, 1.807) is 0 Å². The monoisotopic (exact) mass is 448 g/mol. The van der Waals surface area contributed by atoms with E-state index in [-0.39, 0.29) is 12.4 Å². The summed E-state index contributed by atoms with van der Waals surface area (Å²) in [5, 5.41) is 8.89. The van der Waals surface area contributed by atoms with Gasteiger partial charge in [0.1, 0.15) is 13.8 Å². The number of fused-ring (bicyclic) bond motifs is 1. The minimum atomic E-state index is -1.42. The van der Waals surface area contributed by atoms with Crippen molar-refractivity contribution in [3.05, 3.63) is 60.0 Å². The Morgan fingerprint density at radius 3 is 2.55 bits per heavy atom. The highest BCUT2D eigenvalue weighted by molar-refractivity contribution is 6.83. The van der Waals surface area contributed by atoms with Gasteiger partial charge in [-0.05, 0) is 48.6 Å². The smallest absolute Gasteiger partial charge is 0.129 e. The van der Waals surface area contributed by atoms with Crippen molar-refractivity contribution < 1.29 is 0 Å². The number of pyridine rings is 1. The molecule has 6 heteroatoms. The lowest BCUT2D eigenvalue weighted by atomic mass is 9.97. The van der Waals surface area contributed by atoms with Crippen molar-refractivity contribution in [3.63, 3.8) is 0 Å².